The van der Waals surface area contributed by atoms with Gasteiger partial charge in [0.25, 0.3) is 0 Å². The van der Waals surface area contributed by atoms with Crippen molar-refractivity contribution in [3.63, 3.8) is 0 Å². The molecule has 2 aromatic heterocycles. The first-order valence-corrected chi connectivity index (χ1v) is 8.93. The van der Waals surface area contributed by atoms with E-state index < -0.39 is 0 Å². The Morgan fingerprint density at radius 2 is 2.19 bits per heavy atom. The number of nitrogens with zero attached hydrogens (tertiary/aromatic N) is 5. The zero-order valence-electron chi connectivity index (χ0n) is 15.2. The molecular formula is C18H24N6O2. The maximum absolute atomic E-state index is 12.2. The third kappa shape index (κ3) is 4.07. The lowest BCUT2D eigenvalue weighted by molar-refractivity contribution is -0.129. The van der Waals surface area contributed by atoms with Gasteiger partial charge in [-0.2, -0.15) is 0 Å². The third-order valence-electron chi connectivity index (χ3n) is 4.60. The van der Waals surface area contributed by atoms with Gasteiger partial charge in [0.15, 0.2) is 0 Å². The SMILES string of the molecule is CCc1nccn1CC(=O)NCc1cncc(C2CCCN2C(C)=O)n1. The van der Waals surface area contributed by atoms with Gasteiger partial charge in [-0.15, -0.1) is 0 Å². The second-order valence-corrected chi connectivity index (χ2v) is 6.41. The Hall–Kier alpha value is -2.77. The van der Waals surface area contributed by atoms with E-state index in [1.54, 1.807) is 31.7 Å². The molecule has 1 N–H and O–H groups in total. The second kappa shape index (κ2) is 8.07. The molecule has 0 bridgehead atoms. The predicted octanol–water partition coefficient (Wildman–Crippen LogP) is 1.24. The molecule has 1 aliphatic heterocycles. The van der Waals surface area contributed by atoms with Gasteiger partial charge in [-0.1, -0.05) is 6.92 Å². The van der Waals surface area contributed by atoms with Crippen molar-refractivity contribution in [1.82, 2.24) is 29.7 Å². The molecule has 2 amide bonds. The Kier molecular flexibility index (Phi) is 5.60. The summed E-state index contributed by atoms with van der Waals surface area (Å²) in [4.78, 5) is 38.8. The number of nitrogens with one attached hydrogen (secondary N) is 1. The number of aryl methyl sites for hydroxylation is 1. The minimum Gasteiger partial charge on any atom is -0.349 e. The van der Waals surface area contributed by atoms with E-state index in [2.05, 4.69) is 20.3 Å². The van der Waals surface area contributed by atoms with Gasteiger partial charge in [0, 0.05) is 32.3 Å². The summed E-state index contributed by atoms with van der Waals surface area (Å²) in [7, 11) is 0. The molecule has 8 heteroatoms. The highest BCUT2D eigenvalue weighted by Crippen LogP contribution is 2.30. The largest absolute Gasteiger partial charge is 0.349 e. The van der Waals surface area contributed by atoms with E-state index >= 15 is 0 Å². The smallest absolute Gasteiger partial charge is 0.240 e. The lowest BCUT2D eigenvalue weighted by atomic mass is 10.1. The van der Waals surface area contributed by atoms with Gasteiger partial charge in [-0.25, -0.2) is 4.98 Å². The van der Waals surface area contributed by atoms with E-state index in [9.17, 15) is 9.59 Å². The van der Waals surface area contributed by atoms with Crippen LogP contribution < -0.4 is 5.32 Å². The number of likely N-dealkylation sites (tertiary alicyclic amines) is 1. The first-order valence-electron chi connectivity index (χ1n) is 8.93. The maximum atomic E-state index is 12.2. The molecule has 8 nitrogen and oxygen atoms in total. The van der Waals surface area contributed by atoms with Crippen molar-refractivity contribution in [1.29, 1.82) is 0 Å². The Morgan fingerprint density at radius 1 is 1.35 bits per heavy atom. The van der Waals surface area contributed by atoms with Crippen LogP contribution in [0.25, 0.3) is 0 Å². The van der Waals surface area contributed by atoms with Gasteiger partial charge in [0.05, 0.1) is 36.4 Å². The van der Waals surface area contributed by atoms with Crippen LogP contribution in [0.5, 0.6) is 0 Å². The van der Waals surface area contributed by atoms with E-state index in [4.69, 9.17) is 0 Å². The van der Waals surface area contributed by atoms with Crippen molar-refractivity contribution in [3.05, 3.63) is 42.0 Å². The summed E-state index contributed by atoms with van der Waals surface area (Å²) in [5.41, 5.74) is 1.47. The molecule has 26 heavy (non-hydrogen) atoms. The van der Waals surface area contributed by atoms with E-state index in [0.29, 0.717) is 12.2 Å². The maximum Gasteiger partial charge on any atom is 0.240 e. The lowest BCUT2D eigenvalue weighted by Gasteiger charge is -2.22. The fourth-order valence-corrected chi connectivity index (χ4v) is 3.32. The normalized spacial score (nSPS) is 16.7. The van der Waals surface area contributed by atoms with Crippen molar-refractivity contribution >= 4 is 11.8 Å². The summed E-state index contributed by atoms with van der Waals surface area (Å²) >= 11 is 0. The highest BCUT2D eigenvalue weighted by Gasteiger charge is 2.29. The number of aromatic nitrogens is 4. The minimum absolute atomic E-state index is 0.0197. The van der Waals surface area contributed by atoms with E-state index in [-0.39, 0.29) is 24.4 Å². The van der Waals surface area contributed by atoms with Crippen LogP contribution in [0.3, 0.4) is 0 Å². The Bertz CT molecular complexity index is 787. The van der Waals surface area contributed by atoms with Gasteiger partial charge in [-0.3, -0.25) is 19.6 Å². The predicted molar refractivity (Wildman–Crippen MR) is 94.8 cm³/mol. The van der Waals surface area contributed by atoms with Crippen LogP contribution in [0.1, 0.15) is 49.9 Å². The summed E-state index contributed by atoms with van der Waals surface area (Å²) < 4.78 is 1.83. The molecule has 3 rings (SSSR count). The minimum atomic E-state index is -0.101. The highest BCUT2D eigenvalue weighted by molar-refractivity contribution is 5.75. The topological polar surface area (TPSA) is 93.0 Å². The zero-order chi connectivity index (χ0) is 18.5. The summed E-state index contributed by atoms with van der Waals surface area (Å²) in [6.07, 6.45) is 9.49. The van der Waals surface area contributed by atoms with Crippen LogP contribution in [0.15, 0.2) is 24.8 Å². The summed E-state index contributed by atoms with van der Waals surface area (Å²) in [5.74, 6) is 0.837. The number of imidazole rings is 1. The molecule has 0 saturated carbocycles. The number of rotatable bonds is 6. The van der Waals surface area contributed by atoms with Crippen LogP contribution in [0.4, 0.5) is 0 Å². The number of hydrogen-bond acceptors (Lipinski definition) is 5. The molecule has 0 spiro atoms. The van der Waals surface area contributed by atoms with Crippen LogP contribution >= 0.6 is 0 Å². The van der Waals surface area contributed by atoms with E-state index in [1.807, 2.05) is 16.4 Å². The standard InChI is InChI=1S/C18H24N6O2/c1-3-17-20-6-8-23(17)12-18(26)21-10-14-9-19-11-15(22-14)16-5-4-7-24(16)13(2)25/h6,8-9,11,16H,3-5,7,10,12H2,1-2H3,(H,21,26). The average molecular weight is 356 g/mol. The first kappa shape index (κ1) is 18.0. The summed E-state index contributed by atoms with van der Waals surface area (Å²) in [6, 6.07) is -0.0197. The molecule has 0 aliphatic carbocycles. The molecule has 1 atom stereocenters. The molecule has 3 heterocycles. The molecule has 2 aromatic rings. The van der Waals surface area contributed by atoms with Crippen molar-refractivity contribution < 1.29 is 9.59 Å². The Morgan fingerprint density at radius 3 is 2.96 bits per heavy atom. The van der Waals surface area contributed by atoms with Crippen LogP contribution in [0.2, 0.25) is 0 Å². The van der Waals surface area contributed by atoms with Crippen LogP contribution in [0, 0.1) is 0 Å². The molecule has 1 fully saturated rings. The molecule has 1 aliphatic rings. The molecule has 1 unspecified atom stereocenters. The molecule has 0 aromatic carbocycles. The molecule has 138 valence electrons. The van der Waals surface area contributed by atoms with Gasteiger partial charge >= 0.3 is 0 Å². The number of carbonyl (C=O) groups excluding carboxylic acids is 2. The number of amides is 2. The average Bonchev–Trinajstić information content (AvgIpc) is 3.29. The van der Waals surface area contributed by atoms with E-state index in [0.717, 1.165) is 37.3 Å². The van der Waals surface area contributed by atoms with Crippen molar-refractivity contribution in [2.24, 2.45) is 0 Å². The quantitative estimate of drug-likeness (QED) is 0.840. The Labute approximate surface area is 152 Å². The monoisotopic (exact) mass is 356 g/mol. The summed E-state index contributed by atoms with van der Waals surface area (Å²) in [5, 5.41) is 2.87. The van der Waals surface area contributed by atoms with Gasteiger partial charge in [0.2, 0.25) is 11.8 Å². The second-order valence-electron chi connectivity index (χ2n) is 6.41. The first-order chi connectivity index (χ1) is 12.6. The highest BCUT2D eigenvalue weighted by atomic mass is 16.2. The number of carbonyl (C=O) groups is 2. The zero-order valence-corrected chi connectivity index (χ0v) is 15.2. The van der Waals surface area contributed by atoms with Crippen molar-refractivity contribution in [2.75, 3.05) is 6.54 Å². The van der Waals surface area contributed by atoms with Crippen LogP contribution in [-0.2, 0) is 29.1 Å². The third-order valence-corrected chi connectivity index (χ3v) is 4.60. The number of hydrogen-bond donors (Lipinski definition) is 1. The van der Waals surface area contributed by atoms with Crippen molar-refractivity contribution in [2.45, 2.75) is 52.2 Å². The molecular weight excluding hydrogens is 332 g/mol. The summed E-state index contributed by atoms with van der Waals surface area (Å²) in [6.45, 7) is 4.88. The van der Waals surface area contributed by atoms with E-state index in [1.165, 1.54) is 0 Å². The van der Waals surface area contributed by atoms with Crippen LogP contribution in [-0.4, -0.2) is 42.8 Å². The van der Waals surface area contributed by atoms with Gasteiger partial charge in [0.1, 0.15) is 12.4 Å². The van der Waals surface area contributed by atoms with Gasteiger partial charge < -0.3 is 14.8 Å². The van der Waals surface area contributed by atoms with Crippen molar-refractivity contribution in [3.8, 4) is 0 Å². The molecule has 0 radical (unpaired) electrons. The lowest BCUT2D eigenvalue weighted by Crippen LogP contribution is -2.30. The Balaban J connectivity index is 1.60. The fraction of sp³-hybridized carbons (Fsp3) is 0.500. The fourth-order valence-electron chi connectivity index (χ4n) is 3.32. The molecule has 1 saturated heterocycles. The van der Waals surface area contributed by atoms with Gasteiger partial charge in [-0.05, 0) is 12.8 Å².